The molecule has 1 aromatic heterocycles. The zero-order valence-electron chi connectivity index (χ0n) is 10.9. The third kappa shape index (κ3) is 3.42. The number of halogens is 1. The van der Waals surface area contributed by atoms with Crippen molar-refractivity contribution in [1.29, 1.82) is 0 Å². The van der Waals surface area contributed by atoms with Crippen LogP contribution in [0.4, 0.5) is 5.69 Å². The Morgan fingerprint density at radius 3 is 2.76 bits per heavy atom. The first-order chi connectivity index (χ1) is 9.83. The Bertz CT molecular complexity index is 786. The number of H-pyrrole nitrogens is 1. The zero-order valence-corrected chi connectivity index (χ0v) is 13.3. The minimum Gasteiger partial charge on any atom is -0.478 e. The summed E-state index contributed by atoms with van der Waals surface area (Å²) in [5.41, 5.74) is -0.165. The number of aromatic nitrogens is 2. The zero-order chi connectivity index (χ0) is 15.6. The Morgan fingerprint density at radius 1 is 1.48 bits per heavy atom. The molecule has 0 saturated carbocycles. The second kappa shape index (κ2) is 5.86. The van der Waals surface area contributed by atoms with Crippen molar-refractivity contribution >= 4 is 37.6 Å². The molecule has 0 aliphatic rings. The first-order valence-electron chi connectivity index (χ1n) is 5.93. The number of aryl methyl sites for hydroxylation is 1. The van der Waals surface area contributed by atoms with Gasteiger partial charge >= 0.3 is 5.97 Å². The molecule has 7 nitrogen and oxygen atoms in total. The van der Waals surface area contributed by atoms with Crippen LogP contribution >= 0.6 is 15.9 Å². The number of nitrogens with zero attached hydrogens (tertiary/aromatic N) is 1. The van der Waals surface area contributed by atoms with E-state index in [1.165, 1.54) is 24.4 Å². The molecular formula is C12H12BrN3O4S. The molecule has 0 aliphatic heterocycles. The molecule has 0 unspecified atom stereocenters. The number of carboxylic acids is 1. The molecule has 0 radical (unpaired) electrons. The van der Waals surface area contributed by atoms with E-state index in [0.717, 1.165) is 0 Å². The summed E-state index contributed by atoms with van der Waals surface area (Å²) in [6, 6.07) is 4.22. The van der Waals surface area contributed by atoms with Crippen LogP contribution in [0.5, 0.6) is 0 Å². The highest BCUT2D eigenvalue weighted by molar-refractivity contribution is 9.10. The molecule has 0 atom stereocenters. The van der Waals surface area contributed by atoms with E-state index in [0.29, 0.717) is 16.7 Å². The molecule has 3 N–H and O–H groups in total. The first-order valence-corrected chi connectivity index (χ1v) is 8.20. The van der Waals surface area contributed by atoms with Crippen molar-refractivity contribution in [2.45, 2.75) is 18.4 Å². The summed E-state index contributed by atoms with van der Waals surface area (Å²) in [5.74, 6) is -0.692. The Morgan fingerprint density at radius 2 is 2.19 bits per heavy atom. The van der Waals surface area contributed by atoms with Gasteiger partial charge in [0.15, 0.2) is 5.03 Å². The Balaban J connectivity index is 2.41. The molecule has 0 spiro atoms. The van der Waals surface area contributed by atoms with Gasteiger partial charge in [-0.15, -0.1) is 0 Å². The SMILES string of the molecule is CCc1ncc(S(=O)(=O)Nc2cc(Br)ccc2C(=O)O)[nH]1. The summed E-state index contributed by atoms with van der Waals surface area (Å²) in [4.78, 5) is 17.7. The lowest BCUT2D eigenvalue weighted by atomic mass is 10.2. The normalized spacial score (nSPS) is 11.3. The average molecular weight is 374 g/mol. The molecule has 112 valence electrons. The van der Waals surface area contributed by atoms with Crippen molar-refractivity contribution in [3.63, 3.8) is 0 Å². The van der Waals surface area contributed by atoms with Crippen LogP contribution < -0.4 is 4.72 Å². The van der Waals surface area contributed by atoms with Crippen LogP contribution in [0.3, 0.4) is 0 Å². The lowest BCUT2D eigenvalue weighted by Crippen LogP contribution is -2.16. The smallest absolute Gasteiger partial charge is 0.337 e. The van der Waals surface area contributed by atoms with E-state index in [1.807, 2.05) is 6.92 Å². The summed E-state index contributed by atoms with van der Waals surface area (Å²) in [5, 5.41) is 8.98. The number of hydrogen-bond donors (Lipinski definition) is 3. The van der Waals surface area contributed by atoms with Gasteiger partial charge in [0.25, 0.3) is 10.0 Å². The highest BCUT2D eigenvalue weighted by Gasteiger charge is 2.20. The standard InChI is InChI=1S/C12H12BrN3O4S/c1-2-10-14-6-11(15-10)21(19,20)16-9-5-7(13)3-4-8(9)12(17)18/h3-6,16H,2H2,1H3,(H,14,15)(H,17,18). The van der Waals surface area contributed by atoms with Crippen LogP contribution in [0.2, 0.25) is 0 Å². The number of anilines is 1. The fourth-order valence-corrected chi connectivity index (χ4v) is 3.02. The lowest BCUT2D eigenvalue weighted by molar-refractivity contribution is 0.0698. The molecule has 0 saturated heterocycles. The predicted molar refractivity (Wildman–Crippen MR) is 79.9 cm³/mol. The molecule has 0 bridgehead atoms. The van der Waals surface area contributed by atoms with Crippen molar-refractivity contribution in [2.24, 2.45) is 0 Å². The molecular weight excluding hydrogens is 362 g/mol. The summed E-state index contributed by atoms with van der Waals surface area (Å²) >= 11 is 3.18. The summed E-state index contributed by atoms with van der Waals surface area (Å²) in [6.45, 7) is 1.83. The molecule has 0 fully saturated rings. The van der Waals surface area contributed by atoms with Gasteiger partial charge in [-0.3, -0.25) is 4.72 Å². The van der Waals surface area contributed by atoms with Gasteiger partial charge in [-0.1, -0.05) is 22.9 Å². The topological polar surface area (TPSA) is 112 Å². The molecule has 21 heavy (non-hydrogen) atoms. The van der Waals surface area contributed by atoms with E-state index in [9.17, 15) is 13.2 Å². The van der Waals surface area contributed by atoms with E-state index in [-0.39, 0.29) is 16.3 Å². The van der Waals surface area contributed by atoms with Gasteiger partial charge in [0.1, 0.15) is 5.82 Å². The Labute approximate surface area is 129 Å². The monoisotopic (exact) mass is 373 g/mol. The molecule has 2 aromatic rings. The Hall–Kier alpha value is -1.87. The van der Waals surface area contributed by atoms with E-state index in [2.05, 4.69) is 30.6 Å². The minimum absolute atomic E-state index is 0.0236. The highest BCUT2D eigenvalue weighted by Crippen LogP contribution is 2.24. The van der Waals surface area contributed by atoms with Crippen molar-refractivity contribution in [1.82, 2.24) is 9.97 Å². The van der Waals surface area contributed by atoms with E-state index in [4.69, 9.17) is 5.11 Å². The maximum atomic E-state index is 12.2. The third-order valence-corrected chi connectivity index (χ3v) is 4.45. The largest absolute Gasteiger partial charge is 0.478 e. The van der Waals surface area contributed by atoms with Gasteiger partial charge in [-0.25, -0.2) is 9.78 Å². The second-order valence-electron chi connectivity index (χ2n) is 4.15. The molecule has 0 aliphatic carbocycles. The molecule has 9 heteroatoms. The van der Waals surface area contributed by atoms with E-state index in [1.54, 1.807) is 0 Å². The number of imidazole rings is 1. The van der Waals surface area contributed by atoms with E-state index >= 15 is 0 Å². The molecule has 1 heterocycles. The van der Waals surface area contributed by atoms with Crippen LogP contribution in [0.1, 0.15) is 23.1 Å². The van der Waals surface area contributed by atoms with Crippen LogP contribution in [-0.2, 0) is 16.4 Å². The van der Waals surface area contributed by atoms with Gasteiger partial charge in [-0.05, 0) is 18.2 Å². The molecule has 0 amide bonds. The third-order valence-electron chi connectivity index (χ3n) is 2.69. The number of hydrogen-bond acceptors (Lipinski definition) is 4. The maximum Gasteiger partial charge on any atom is 0.337 e. The number of carbonyl (C=O) groups is 1. The lowest BCUT2D eigenvalue weighted by Gasteiger charge is -2.09. The predicted octanol–water partition coefficient (Wildman–Crippen LogP) is 2.23. The number of rotatable bonds is 5. The fraction of sp³-hybridized carbons (Fsp3) is 0.167. The average Bonchev–Trinajstić information content (AvgIpc) is 2.87. The van der Waals surface area contributed by atoms with Gasteiger partial charge in [0.2, 0.25) is 0 Å². The van der Waals surface area contributed by atoms with Gasteiger partial charge in [0.05, 0.1) is 17.4 Å². The Kier molecular flexibility index (Phi) is 4.33. The minimum atomic E-state index is -3.93. The molecule has 2 rings (SSSR count). The van der Waals surface area contributed by atoms with Crippen LogP contribution in [0.15, 0.2) is 33.9 Å². The number of benzene rings is 1. The number of carboxylic acid groups (broad SMARTS) is 1. The first kappa shape index (κ1) is 15.5. The van der Waals surface area contributed by atoms with Crippen LogP contribution in [-0.4, -0.2) is 29.5 Å². The second-order valence-corrected chi connectivity index (χ2v) is 6.71. The molecule has 1 aromatic carbocycles. The maximum absolute atomic E-state index is 12.2. The number of nitrogens with one attached hydrogen (secondary N) is 2. The van der Waals surface area contributed by atoms with Crippen LogP contribution in [0.25, 0.3) is 0 Å². The van der Waals surface area contributed by atoms with Gasteiger partial charge in [-0.2, -0.15) is 8.42 Å². The van der Waals surface area contributed by atoms with Crippen molar-refractivity contribution in [2.75, 3.05) is 4.72 Å². The van der Waals surface area contributed by atoms with E-state index < -0.39 is 16.0 Å². The number of aromatic carboxylic acids is 1. The van der Waals surface area contributed by atoms with Crippen molar-refractivity contribution in [3.8, 4) is 0 Å². The summed E-state index contributed by atoms with van der Waals surface area (Å²) in [7, 11) is -3.93. The van der Waals surface area contributed by atoms with Gasteiger partial charge in [0, 0.05) is 10.9 Å². The van der Waals surface area contributed by atoms with Gasteiger partial charge < -0.3 is 10.1 Å². The van der Waals surface area contributed by atoms with Crippen LogP contribution in [0, 0.1) is 0 Å². The van der Waals surface area contributed by atoms with Crippen molar-refractivity contribution < 1.29 is 18.3 Å². The quantitative estimate of drug-likeness (QED) is 0.743. The number of sulfonamides is 1. The summed E-state index contributed by atoms with van der Waals surface area (Å²) in [6.07, 6.45) is 1.76. The highest BCUT2D eigenvalue weighted by atomic mass is 79.9. The number of aromatic amines is 1. The summed E-state index contributed by atoms with van der Waals surface area (Å²) < 4.78 is 27.3. The fourth-order valence-electron chi connectivity index (χ4n) is 1.65. The van der Waals surface area contributed by atoms with Crippen molar-refractivity contribution in [3.05, 3.63) is 40.3 Å².